The molecule has 0 saturated carbocycles. The number of nitrogens with one attached hydrogen (secondary N) is 1. The minimum atomic E-state index is -0.549. The van der Waals surface area contributed by atoms with E-state index in [1.54, 1.807) is 31.5 Å². The highest BCUT2D eigenvalue weighted by molar-refractivity contribution is 5.96. The van der Waals surface area contributed by atoms with E-state index in [9.17, 15) is 9.90 Å². The van der Waals surface area contributed by atoms with E-state index in [1.165, 1.54) is 0 Å². The van der Waals surface area contributed by atoms with Crippen LogP contribution in [0.15, 0.2) is 47.5 Å². The highest BCUT2D eigenvalue weighted by atomic mass is 16.5. The molecule has 162 valence electrons. The maximum absolute atomic E-state index is 12.8. The second kappa shape index (κ2) is 8.53. The van der Waals surface area contributed by atoms with E-state index in [1.807, 2.05) is 26.1 Å². The maximum atomic E-state index is 12.8. The van der Waals surface area contributed by atoms with Gasteiger partial charge in [-0.1, -0.05) is 6.58 Å². The zero-order valence-corrected chi connectivity index (χ0v) is 18.0. The minimum absolute atomic E-state index is 0.250. The summed E-state index contributed by atoms with van der Waals surface area (Å²) in [6.07, 6.45) is 1.82. The van der Waals surface area contributed by atoms with Gasteiger partial charge >= 0.3 is 0 Å². The van der Waals surface area contributed by atoms with Gasteiger partial charge in [-0.05, 0) is 50.2 Å². The number of aliphatic hydroxyl groups is 1. The number of methoxy groups -OCH3 is 1. The van der Waals surface area contributed by atoms with Crippen molar-refractivity contribution in [3.05, 3.63) is 54.2 Å². The summed E-state index contributed by atoms with van der Waals surface area (Å²) in [5.41, 5.74) is 4.38. The smallest absolute Gasteiger partial charge is 0.251 e. The number of benzene rings is 1. The lowest BCUT2D eigenvalue weighted by atomic mass is 10.0. The van der Waals surface area contributed by atoms with Crippen LogP contribution in [0.3, 0.4) is 0 Å². The third-order valence-electron chi connectivity index (χ3n) is 5.70. The molecule has 31 heavy (non-hydrogen) atoms. The first-order valence-electron chi connectivity index (χ1n) is 10.3. The Kier molecular flexibility index (Phi) is 5.80. The Morgan fingerprint density at radius 3 is 2.90 bits per heavy atom. The fraction of sp³-hybridized carbons (Fsp3) is 0.333. The number of hydrogen-bond donors (Lipinski definition) is 2. The topological polar surface area (TPSA) is 87.8 Å². The lowest BCUT2D eigenvalue weighted by molar-refractivity contribution is 0.0513. The Morgan fingerprint density at radius 1 is 1.35 bits per heavy atom. The molecule has 4 rings (SSSR count). The van der Waals surface area contributed by atoms with Gasteiger partial charge in [-0.15, -0.1) is 0 Å². The molecule has 3 heterocycles. The summed E-state index contributed by atoms with van der Waals surface area (Å²) in [4.78, 5) is 19.3. The van der Waals surface area contributed by atoms with Crippen molar-refractivity contribution in [2.45, 2.75) is 25.5 Å². The molecule has 7 heteroatoms. The average Bonchev–Trinajstić information content (AvgIpc) is 3.19. The van der Waals surface area contributed by atoms with E-state index in [-0.39, 0.29) is 11.9 Å². The number of aromatic nitrogens is 1. The molecule has 2 unspecified atom stereocenters. The standard InChI is InChI=1S/C24H27N3O4/c1-14(2)16-7-9-25-18-12-22(31-23(16)18)17-6-5-15(11-21(17)30-4)24(29)26-19-13-27(3)10-8-20(19)28/h5-7,9,11-12,19-20,28H,1,8,10,13H2,2-4H3,(H,26,29). The number of furan rings is 1. The Hall–Kier alpha value is -3.16. The van der Waals surface area contributed by atoms with Crippen LogP contribution in [0.25, 0.3) is 28.0 Å². The fourth-order valence-corrected chi connectivity index (χ4v) is 3.94. The molecular formula is C24H27N3O4. The van der Waals surface area contributed by atoms with E-state index in [0.717, 1.165) is 28.8 Å². The lowest BCUT2D eigenvalue weighted by Gasteiger charge is -2.34. The van der Waals surface area contributed by atoms with E-state index in [0.29, 0.717) is 35.6 Å². The SMILES string of the molecule is C=C(C)c1ccnc2cc(-c3ccc(C(=O)NC4CN(C)CCC4O)cc3OC)oc12. The summed E-state index contributed by atoms with van der Waals surface area (Å²) in [5, 5.41) is 13.2. The number of carbonyl (C=O) groups excluding carboxylic acids is 1. The summed E-state index contributed by atoms with van der Waals surface area (Å²) in [6, 6.07) is 8.64. The third kappa shape index (κ3) is 4.19. The number of amides is 1. The molecule has 1 aromatic carbocycles. The van der Waals surface area contributed by atoms with Crippen molar-refractivity contribution < 1.29 is 19.1 Å². The van der Waals surface area contributed by atoms with Gasteiger partial charge in [0.05, 0.1) is 24.8 Å². The van der Waals surface area contributed by atoms with E-state index in [4.69, 9.17) is 9.15 Å². The van der Waals surface area contributed by atoms with Crippen molar-refractivity contribution >= 4 is 22.6 Å². The largest absolute Gasteiger partial charge is 0.496 e. The average molecular weight is 421 g/mol. The van der Waals surface area contributed by atoms with Crippen molar-refractivity contribution in [1.29, 1.82) is 0 Å². The van der Waals surface area contributed by atoms with Crippen LogP contribution in [0, 0.1) is 0 Å². The van der Waals surface area contributed by atoms with E-state index in [2.05, 4.69) is 21.8 Å². The van der Waals surface area contributed by atoms with Gasteiger partial charge < -0.3 is 24.5 Å². The van der Waals surface area contributed by atoms with Crippen molar-refractivity contribution in [1.82, 2.24) is 15.2 Å². The molecule has 0 spiro atoms. The predicted molar refractivity (Wildman–Crippen MR) is 120 cm³/mol. The minimum Gasteiger partial charge on any atom is -0.496 e. The lowest BCUT2D eigenvalue weighted by Crippen LogP contribution is -2.54. The number of piperidine rings is 1. The van der Waals surface area contributed by atoms with Crippen LogP contribution in [-0.4, -0.2) is 60.3 Å². The second-order valence-corrected chi connectivity index (χ2v) is 8.08. The number of allylic oxidation sites excluding steroid dienone is 1. The molecule has 1 amide bonds. The third-order valence-corrected chi connectivity index (χ3v) is 5.70. The molecule has 3 aromatic rings. The van der Waals surface area contributed by atoms with Crippen molar-refractivity contribution in [2.24, 2.45) is 0 Å². The zero-order valence-electron chi connectivity index (χ0n) is 18.0. The number of aliphatic hydroxyl groups excluding tert-OH is 1. The number of nitrogens with zero attached hydrogens (tertiary/aromatic N) is 2. The molecular weight excluding hydrogens is 394 g/mol. The van der Waals surface area contributed by atoms with Crippen LogP contribution in [0.5, 0.6) is 5.75 Å². The molecule has 7 nitrogen and oxygen atoms in total. The van der Waals surface area contributed by atoms with Gasteiger partial charge in [0.15, 0.2) is 5.58 Å². The van der Waals surface area contributed by atoms with Crippen LogP contribution in [0.1, 0.15) is 29.3 Å². The normalized spacial score (nSPS) is 19.4. The molecule has 1 aliphatic rings. The van der Waals surface area contributed by atoms with Gasteiger partial charge in [0.1, 0.15) is 17.0 Å². The van der Waals surface area contributed by atoms with Gasteiger partial charge in [0, 0.05) is 36.5 Å². The van der Waals surface area contributed by atoms with E-state index < -0.39 is 6.10 Å². The van der Waals surface area contributed by atoms with Crippen molar-refractivity contribution in [2.75, 3.05) is 27.2 Å². The number of carbonyl (C=O) groups is 1. The predicted octanol–water partition coefficient (Wildman–Crippen LogP) is 3.33. The summed E-state index contributed by atoms with van der Waals surface area (Å²) in [6.45, 7) is 7.35. The Bertz CT molecular complexity index is 1140. The number of likely N-dealkylation sites (N-methyl/N-ethyl adjacent to an activating group) is 1. The van der Waals surface area contributed by atoms with Crippen molar-refractivity contribution in [3.63, 3.8) is 0 Å². The molecule has 0 radical (unpaired) electrons. The van der Waals surface area contributed by atoms with Gasteiger partial charge in [0.2, 0.25) is 0 Å². The van der Waals surface area contributed by atoms with Crippen LogP contribution >= 0.6 is 0 Å². The Labute approximate surface area is 181 Å². The highest BCUT2D eigenvalue weighted by Gasteiger charge is 2.28. The molecule has 0 bridgehead atoms. The van der Waals surface area contributed by atoms with Gasteiger partial charge in [0.25, 0.3) is 5.91 Å². The van der Waals surface area contributed by atoms with Crippen LogP contribution < -0.4 is 10.1 Å². The summed E-state index contributed by atoms with van der Waals surface area (Å²) >= 11 is 0. The first-order chi connectivity index (χ1) is 14.9. The first-order valence-corrected chi connectivity index (χ1v) is 10.3. The number of likely N-dealkylation sites (tertiary alicyclic amines) is 1. The second-order valence-electron chi connectivity index (χ2n) is 8.08. The monoisotopic (exact) mass is 421 g/mol. The first kappa shape index (κ1) is 21.1. The number of fused-ring (bicyclic) bond motifs is 1. The fourth-order valence-electron chi connectivity index (χ4n) is 3.94. The molecule has 1 saturated heterocycles. The molecule has 0 aliphatic carbocycles. The van der Waals surface area contributed by atoms with Gasteiger partial charge in [-0.25, -0.2) is 0 Å². The number of rotatable bonds is 5. The number of ether oxygens (including phenoxy) is 1. The van der Waals surface area contributed by atoms with Crippen LogP contribution in [0.4, 0.5) is 0 Å². The highest BCUT2D eigenvalue weighted by Crippen LogP contribution is 2.36. The molecule has 2 aromatic heterocycles. The summed E-state index contributed by atoms with van der Waals surface area (Å²) in [5.74, 6) is 0.870. The molecule has 1 aliphatic heterocycles. The molecule has 1 fully saturated rings. The number of pyridine rings is 1. The quantitative estimate of drug-likeness (QED) is 0.657. The van der Waals surface area contributed by atoms with Gasteiger partial charge in [-0.3, -0.25) is 9.78 Å². The number of hydrogen-bond acceptors (Lipinski definition) is 6. The summed E-state index contributed by atoms with van der Waals surface area (Å²) < 4.78 is 11.7. The van der Waals surface area contributed by atoms with Crippen LogP contribution in [-0.2, 0) is 0 Å². The maximum Gasteiger partial charge on any atom is 0.251 e. The van der Waals surface area contributed by atoms with Crippen molar-refractivity contribution in [3.8, 4) is 17.1 Å². The molecule has 2 N–H and O–H groups in total. The summed E-state index contributed by atoms with van der Waals surface area (Å²) in [7, 11) is 3.53. The van der Waals surface area contributed by atoms with E-state index >= 15 is 0 Å². The van der Waals surface area contributed by atoms with Gasteiger partial charge in [-0.2, -0.15) is 0 Å². The Morgan fingerprint density at radius 2 is 2.16 bits per heavy atom. The van der Waals surface area contributed by atoms with Crippen LogP contribution in [0.2, 0.25) is 0 Å². The zero-order chi connectivity index (χ0) is 22.1. The Balaban J connectivity index is 1.63. The molecule has 2 atom stereocenters.